The van der Waals surface area contributed by atoms with Crippen LogP contribution in [0.2, 0.25) is 0 Å². The number of benzene rings is 1. The standard InChI is InChI=1S/C24H32N4O2.3C2HF3O2/c1-27(2)21-9-5-8-20(15-21)23(29)28-13-14-30-24(18-28)11-4-3-10-22(24)26-17-19-7-6-12-25-16-19;3*3-2(4,5)1(6)7/h5-9,12,15-16,22,26H,3-4,10-11,13-14,17-18H2,1-2H3;3*(H,6,7). The molecule has 1 saturated heterocycles. The molecule has 1 amide bonds. The van der Waals surface area contributed by atoms with Crippen LogP contribution >= 0.6 is 0 Å². The molecular formula is C30H35F9N4O8. The van der Waals surface area contributed by atoms with Gasteiger partial charge in [0, 0.05) is 56.9 Å². The van der Waals surface area contributed by atoms with Crippen molar-refractivity contribution in [3.05, 3.63) is 59.9 Å². The molecule has 1 aromatic carbocycles. The van der Waals surface area contributed by atoms with E-state index in [9.17, 15) is 44.3 Å². The fourth-order valence-corrected chi connectivity index (χ4v) is 4.68. The fraction of sp³-hybridized carbons (Fsp3) is 0.500. The van der Waals surface area contributed by atoms with Crippen LogP contribution in [0.25, 0.3) is 0 Å². The molecule has 2 heterocycles. The molecule has 2 atom stereocenters. The van der Waals surface area contributed by atoms with Crippen LogP contribution in [0.15, 0.2) is 48.8 Å². The van der Waals surface area contributed by atoms with Crippen LogP contribution in [0.1, 0.15) is 41.6 Å². The lowest BCUT2D eigenvalue weighted by Gasteiger charge is -2.49. The number of carboxylic acids is 3. The average Bonchev–Trinajstić information content (AvgIpc) is 3.04. The molecule has 1 aromatic heterocycles. The lowest BCUT2D eigenvalue weighted by Crippen LogP contribution is -2.64. The maximum atomic E-state index is 13.3. The van der Waals surface area contributed by atoms with E-state index in [-0.39, 0.29) is 17.6 Å². The number of carbonyl (C=O) groups excluding carboxylic acids is 1. The van der Waals surface area contributed by atoms with Crippen LogP contribution < -0.4 is 10.2 Å². The van der Waals surface area contributed by atoms with E-state index in [0.29, 0.717) is 19.7 Å². The van der Waals surface area contributed by atoms with Crippen molar-refractivity contribution < 1.29 is 78.7 Å². The number of halogens is 9. The maximum absolute atomic E-state index is 13.3. The van der Waals surface area contributed by atoms with Crippen LogP contribution in [0.4, 0.5) is 45.2 Å². The van der Waals surface area contributed by atoms with E-state index in [1.807, 2.05) is 60.4 Å². The number of hydrogen-bond acceptors (Lipinski definition) is 8. The monoisotopic (exact) mass is 750 g/mol. The summed E-state index contributed by atoms with van der Waals surface area (Å²) in [5, 5.41) is 25.1. The summed E-state index contributed by atoms with van der Waals surface area (Å²) in [6.07, 6.45) is -7.17. The number of nitrogens with zero attached hydrogens (tertiary/aromatic N) is 3. The predicted molar refractivity (Wildman–Crippen MR) is 160 cm³/mol. The van der Waals surface area contributed by atoms with E-state index in [1.54, 1.807) is 6.20 Å². The van der Waals surface area contributed by atoms with Gasteiger partial charge in [0.05, 0.1) is 13.2 Å². The third kappa shape index (κ3) is 15.4. The molecule has 1 aliphatic carbocycles. The summed E-state index contributed by atoms with van der Waals surface area (Å²) in [4.78, 5) is 48.2. The van der Waals surface area contributed by atoms with Crippen molar-refractivity contribution in [2.75, 3.05) is 38.7 Å². The van der Waals surface area contributed by atoms with Crippen molar-refractivity contribution in [2.45, 2.75) is 62.4 Å². The minimum atomic E-state index is -5.08. The van der Waals surface area contributed by atoms with E-state index in [1.165, 1.54) is 12.0 Å². The number of pyridine rings is 1. The van der Waals surface area contributed by atoms with E-state index >= 15 is 0 Å². The first-order valence-corrected chi connectivity index (χ1v) is 14.6. The van der Waals surface area contributed by atoms with Gasteiger partial charge in [0.2, 0.25) is 0 Å². The van der Waals surface area contributed by atoms with E-state index in [2.05, 4.69) is 16.4 Å². The predicted octanol–water partition coefficient (Wildman–Crippen LogP) is 4.99. The Morgan fingerprint density at radius 1 is 0.902 bits per heavy atom. The zero-order valence-electron chi connectivity index (χ0n) is 27.0. The number of aliphatic carboxylic acids is 3. The second-order valence-corrected chi connectivity index (χ2v) is 11.0. The van der Waals surface area contributed by atoms with Crippen molar-refractivity contribution in [3.8, 4) is 0 Å². The number of carboxylic acid groups (broad SMARTS) is 3. The molecule has 12 nitrogen and oxygen atoms in total. The first-order valence-electron chi connectivity index (χ1n) is 14.6. The van der Waals surface area contributed by atoms with E-state index in [0.717, 1.165) is 37.1 Å². The summed E-state index contributed by atoms with van der Waals surface area (Å²) in [6, 6.07) is 12.2. The lowest BCUT2D eigenvalue weighted by molar-refractivity contribution is -0.193. The molecule has 21 heteroatoms. The molecule has 2 fully saturated rings. The molecule has 2 aliphatic rings. The second-order valence-electron chi connectivity index (χ2n) is 11.0. The molecule has 51 heavy (non-hydrogen) atoms. The Morgan fingerprint density at radius 3 is 1.92 bits per heavy atom. The van der Waals surface area contributed by atoms with Crippen molar-refractivity contribution in [1.82, 2.24) is 15.2 Å². The van der Waals surface area contributed by atoms with E-state index < -0.39 is 36.4 Å². The van der Waals surface area contributed by atoms with Gasteiger partial charge in [-0.3, -0.25) is 9.78 Å². The Hall–Kier alpha value is -4.66. The lowest BCUT2D eigenvalue weighted by atomic mass is 9.78. The van der Waals surface area contributed by atoms with Crippen molar-refractivity contribution in [2.24, 2.45) is 0 Å². The summed E-state index contributed by atoms with van der Waals surface area (Å²) in [7, 11) is 3.99. The molecule has 0 bridgehead atoms. The Kier molecular flexibility index (Phi) is 16.6. The van der Waals surface area contributed by atoms with Gasteiger partial charge in [0.1, 0.15) is 5.60 Å². The smallest absolute Gasteiger partial charge is 0.475 e. The highest BCUT2D eigenvalue weighted by molar-refractivity contribution is 5.95. The van der Waals surface area contributed by atoms with Crippen LogP contribution in [-0.2, 0) is 25.7 Å². The highest BCUT2D eigenvalue weighted by Gasteiger charge is 2.46. The minimum Gasteiger partial charge on any atom is -0.475 e. The summed E-state index contributed by atoms with van der Waals surface area (Å²) in [5.74, 6) is -8.18. The molecule has 0 radical (unpaired) electrons. The van der Waals surface area contributed by atoms with Crippen LogP contribution in [0, 0.1) is 0 Å². The first kappa shape index (κ1) is 44.4. The fourth-order valence-electron chi connectivity index (χ4n) is 4.68. The zero-order chi connectivity index (χ0) is 39.2. The summed E-state index contributed by atoms with van der Waals surface area (Å²) >= 11 is 0. The SMILES string of the molecule is CN(C)c1cccc(C(=O)N2CCOC3(CCCCC3NCc3cccnc3)C2)c1.O=C(O)C(F)(F)F.O=C(O)C(F)(F)F.O=C(O)C(F)(F)F. The topological polar surface area (TPSA) is 170 Å². The number of anilines is 1. The number of hydrogen-bond donors (Lipinski definition) is 4. The van der Waals surface area contributed by atoms with Gasteiger partial charge in [-0.05, 0) is 42.7 Å². The van der Waals surface area contributed by atoms with Crippen molar-refractivity contribution >= 4 is 29.5 Å². The van der Waals surface area contributed by atoms with E-state index in [4.69, 9.17) is 34.4 Å². The quantitative estimate of drug-likeness (QED) is 0.304. The van der Waals surface area contributed by atoms with Gasteiger partial charge >= 0.3 is 36.4 Å². The summed E-state index contributed by atoms with van der Waals surface area (Å²) < 4.78 is 102. The number of aromatic nitrogens is 1. The Labute approximate surface area is 284 Å². The normalized spacial score (nSPS) is 18.8. The number of nitrogens with one attached hydrogen (secondary N) is 1. The highest BCUT2D eigenvalue weighted by atomic mass is 19.4. The van der Waals surface area contributed by atoms with Gasteiger partial charge < -0.3 is 35.2 Å². The number of carbonyl (C=O) groups is 4. The number of rotatable bonds is 5. The number of amides is 1. The number of morpholine rings is 1. The van der Waals surface area contributed by atoms with Crippen molar-refractivity contribution in [3.63, 3.8) is 0 Å². The second kappa shape index (κ2) is 19.1. The van der Waals surface area contributed by atoms with Gasteiger partial charge in [-0.25, -0.2) is 14.4 Å². The van der Waals surface area contributed by atoms with Crippen LogP contribution in [0.5, 0.6) is 0 Å². The first-order chi connectivity index (χ1) is 23.4. The maximum Gasteiger partial charge on any atom is 0.490 e. The average molecular weight is 751 g/mol. The van der Waals surface area contributed by atoms with Crippen LogP contribution in [-0.4, -0.2) is 113 Å². The molecule has 2 aromatic rings. The largest absolute Gasteiger partial charge is 0.490 e. The molecular weight excluding hydrogens is 715 g/mol. The van der Waals surface area contributed by atoms with Gasteiger partial charge in [0.15, 0.2) is 0 Å². The number of ether oxygens (including phenoxy) is 1. The summed E-state index contributed by atoms with van der Waals surface area (Å²) in [5.41, 5.74) is 2.64. The molecule has 286 valence electrons. The van der Waals surface area contributed by atoms with Gasteiger partial charge in [-0.15, -0.1) is 0 Å². The zero-order valence-corrected chi connectivity index (χ0v) is 27.0. The Bertz CT molecular complexity index is 1380. The molecule has 4 N–H and O–H groups in total. The Balaban J connectivity index is 0.000000505. The molecule has 1 aliphatic heterocycles. The minimum absolute atomic E-state index is 0.0953. The molecule has 4 rings (SSSR count). The third-order valence-electron chi connectivity index (χ3n) is 7.09. The highest BCUT2D eigenvalue weighted by Crippen LogP contribution is 2.35. The Morgan fingerprint density at radius 2 is 1.45 bits per heavy atom. The van der Waals surface area contributed by atoms with Crippen molar-refractivity contribution in [1.29, 1.82) is 0 Å². The van der Waals surface area contributed by atoms with Crippen LogP contribution in [0.3, 0.4) is 0 Å². The molecule has 2 unspecified atom stereocenters. The summed E-state index contributed by atoms with van der Waals surface area (Å²) in [6.45, 7) is 2.64. The number of alkyl halides is 9. The van der Waals surface area contributed by atoms with Gasteiger partial charge in [-0.2, -0.15) is 39.5 Å². The van der Waals surface area contributed by atoms with Gasteiger partial charge in [-0.1, -0.05) is 25.0 Å². The molecule has 1 spiro atoms. The molecule has 1 saturated carbocycles. The van der Waals surface area contributed by atoms with Gasteiger partial charge in [0.25, 0.3) is 5.91 Å². The third-order valence-corrected chi connectivity index (χ3v) is 7.09.